The van der Waals surface area contributed by atoms with E-state index in [2.05, 4.69) is 40.1 Å². The van der Waals surface area contributed by atoms with Gasteiger partial charge < -0.3 is 30.6 Å². The Morgan fingerprint density at radius 3 is 2.33 bits per heavy atom. The van der Waals surface area contributed by atoms with Crippen LogP contribution in [0.4, 0.5) is 10.7 Å². The van der Waals surface area contributed by atoms with E-state index in [1.54, 1.807) is 61.7 Å². The number of sulfonamides is 2. The standard InChI is InChI=1S/C37H41N11O8S2/c1-55-26-10-6-23(7-11-26)20-40-58(53,54)34-31(57(51,52)45-25-16-18-47(22-25)19-17-39-37(49)50)15-14-28(29-4-3-5-30-33(29)42-36(38)41-30)32(34)35-43-46-48(44-35)21-24-8-12-27(56-2)13-9-24/h3-15,25,39-40,45H,16-22H2,1-2H3,(H,49,50)(H3,38,41,42). The molecule has 1 aliphatic rings. The maximum Gasteiger partial charge on any atom is 0.404 e. The van der Waals surface area contributed by atoms with Crippen LogP contribution in [0.5, 0.6) is 11.5 Å². The highest BCUT2D eigenvalue weighted by Gasteiger charge is 2.36. The van der Waals surface area contributed by atoms with Gasteiger partial charge in [0.1, 0.15) is 21.3 Å². The average molecular weight is 832 g/mol. The monoisotopic (exact) mass is 831 g/mol. The number of aromatic amines is 1. The molecule has 0 spiro atoms. The smallest absolute Gasteiger partial charge is 0.404 e. The number of nitrogen functional groups attached to an aromatic ring is 1. The molecule has 19 nitrogen and oxygen atoms in total. The number of hydrogen-bond acceptors (Lipinski definition) is 13. The summed E-state index contributed by atoms with van der Waals surface area (Å²) in [7, 11) is -6.23. The van der Waals surface area contributed by atoms with Crippen LogP contribution in [0.15, 0.2) is 88.7 Å². The quantitative estimate of drug-likeness (QED) is 0.0820. The molecule has 0 aliphatic carbocycles. The summed E-state index contributed by atoms with van der Waals surface area (Å²) in [5.74, 6) is 1.18. The second kappa shape index (κ2) is 16.8. The molecule has 0 bridgehead atoms. The molecular formula is C37H41N11O8S2. The van der Waals surface area contributed by atoms with Crippen LogP contribution < -0.4 is 30.0 Å². The van der Waals surface area contributed by atoms with E-state index >= 15 is 0 Å². The number of benzene rings is 4. The van der Waals surface area contributed by atoms with E-state index in [9.17, 15) is 21.6 Å². The Morgan fingerprint density at radius 1 is 0.931 bits per heavy atom. The zero-order valence-electron chi connectivity index (χ0n) is 31.4. The summed E-state index contributed by atoms with van der Waals surface area (Å²) in [6, 6.07) is 21.2. The van der Waals surface area contributed by atoms with Crippen LogP contribution in [0.25, 0.3) is 33.5 Å². The molecule has 1 atom stereocenters. The maximum absolute atomic E-state index is 14.8. The summed E-state index contributed by atoms with van der Waals surface area (Å²) in [6.45, 7) is 1.23. The van der Waals surface area contributed by atoms with E-state index in [-0.39, 0.29) is 49.1 Å². The van der Waals surface area contributed by atoms with Gasteiger partial charge in [-0.2, -0.15) is 4.80 Å². The number of aromatic nitrogens is 6. The van der Waals surface area contributed by atoms with E-state index in [4.69, 9.17) is 20.3 Å². The highest BCUT2D eigenvalue weighted by atomic mass is 32.2. The van der Waals surface area contributed by atoms with Gasteiger partial charge in [0.05, 0.1) is 37.4 Å². The third-order valence-corrected chi connectivity index (χ3v) is 12.8. The van der Waals surface area contributed by atoms with Crippen LogP contribution in [0.3, 0.4) is 0 Å². The van der Waals surface area contributed by atoms with Crippen molar-refractivity contribution < 1.29 is 36.2 Å². The normalized spacial score (nSPS) is 14.8. The number of rotatable bonds is 16. The van der Waals surface area contributed by atoms with Gasteiger partial charge in [-0.3, -0.25) is 4.90 Å². The number of nitrogens with zero attached hydrogens (tertiary/aromatic N) is 6. The Bertz CT molecular complexity index is 2650. The molecule has 1 amide bonds. The number of imidazole rings is 1. The molecule has 0 radical (unpaired) electrons. The van der Waals surface area contributed by atoms with Gasteiger partial charge in [0.25, 0.3) is 0 Å². The van der Waals surface area contributed by atoms with Crippen LogP contribution in [0.1, 0.15) is 17.5 Å². The first-order valence-corrected chi connectivity index (χ1v) is 21.0. The molecule has 0 saturated carbocycles. The van der Waals surface area contributed by atoms with Crippen LogP contribution in [-0.4, -0.2) is 110 Å². The fourth-order valence-corrected chi connectivity index (χ4v) is 10.1. The minimum atomic E-state index is -4.73. The number of H-pyrrole nitrogens is 1. The lowest BCUT2D eigenvalue weighted by molar-refractivity contribution is 0.192. The van der Waals surface area contributed by atoms with Crippen LogP contribution in [-0.2, 0) is 33.1 Å². The number of hydrogen-bond donors (Lipinski definition) is 6. The maximum atomic E-state index is 14.8. The van der Waals surface area contributed by atoms with Crippen molar-refractivity contribution in [1.82, 2.24) is 49.8 Å². The average Bonchev–Trinajstić information content (AvgIpc) is 3.96. The molecule has 4 aromatic carbocycles. The van der Waals surface area contributed by atoms with Gasteiger partial charge >= 0.3 is 6.09 Å². The minimum absolute atomic E-state index is 0.120. The summed E-state index contributed by atoms with van der Waals surface area (Å²) in [4.78, 5) is 20.4. The lowest BCUT2D eigenvalue weighted by atomic mass is 9.98. The van der Waals surface area contributed by atoms with Crippen molar-refractivity contribution in [2.45, 2.75) is 35.3 Å². The zero-order chi connectivity index (χ0) is 41.0. The fourth-order valence-electron chi connectivity index (χ4n) is 6.79. The summed E-state index contributed by atoms with van der Waals surface area (Å²) >= 11 is 0. The molecule has 1 aliphatic heterocycles. The van der Waals surface area contributed by atoms with E-state index < -0.39 is 42.0 Å². The number of nitrogens with one attached hydrogen (secondary N) is 4. The number of anilines is 1. The first kappa shape index (κ1) is 40.1. The second-order valence-corrected chi connectivity index (χ2v) is 16.8. The molecule has 3 heterocycles. The van der Waals surface area contributed by atoms with Crippen molar-refractivity contribution in [3.63, 3.8) is 0 Å². The number of tetrazole rings is 1. The molecule has 58 heavy (non-hydrogen) atoms. The van der Waals surface area contributed by atoms with Crippen molar-refractivity contribution in [3.8, 4) is 34.0 Å². The number of fused-ring (bicyclic) bond motifs is 1. The Labute approximate surface area is 333 Å². The van der Waals surface area contributed by atoms with E-state index in [1.165, 1.54) is 24.0 Å². The van der Waals surface area contributed by atoms with Gasteiger partial charge in [0, 0.05) is 37.8 Å². The molecule has 2 aromatic heterocycles. The molecule has 21 heteroatoms. The molecule has 6 aromatic rings. The summed E-state index contributed by atoms with van der Waals surface area (Å²) in [6.07, 6.45) is -0.758. The number of ether oxygens (including phenoxy) is 2. The number of para-hydroxylation sites is 1. The summed E-state index contributed by atoms with van der Waals surface area (Å²) < 4.78 is 74.5. The molecule has 7 N–H and O–H groups in total. The predicted octanol–water partition coefficient (Wildman–Crippen LogP) is 2.63. The largest absolute Gasteiger partial charge is 0.497 e. The van der Waals surface area contributed by atoms with Gasteiger partial charge in [0.2, 0.25) is 25.9 Å². The van der Waals surface area contributed by atoms with Crippen molar-refractivity contribution in [1.29, 1.82) is 0 Å². The number of carbonyl (C=O) groups is 1. The number of amides is 1. The van der Waals surface area contributed by atoms with Crippen LogP contribution in [0, 0.1) is 0 Å². The molecule has 1 unspecified atom stereocenters. The van der Waals surface area contributed by atoms with E-state index in [0.29, 0.717) is 53.2 Å². The minimum Gasteiger partial charge on any atom is -0.497 e. The molecule has 7 rings (SSSR count). The number of likely N-dealkylation sites (tertiary alicyclic amines) is 1. The number of nitrogens with two attached hydrogens (primary N) is 1. The topological polar surface area (TPSA) is 262 Å². The molecule has 1 saturated heterocycles. The highest BCUT2D eigenvalue weighted by Crippen LogP contribution is 2.41. The Kier molecular flexibility index (Phi) is 11.6. The highest BCUT2D eigenvalue weighted by molar-refractivity contribution is 7.92. The van der Waals surface area contributed by atoms with Gasteiger partial charge in [-0.25, -0.2) is 36.1 Å². The van der Waals surface area contributed by atoms with Gasteiger partial charge in [-0.05, 0) is 71.3 Å². The van der Waals surface area contributed by atoms with Crippen molar-refractivity contribution in [3.05, 3.63) is 90.0 Å². The van der Waals surface area contributed by atoms with E-state index in [1.807, 2.05) is 17.0 Å². The SMILES string of the molecule is COc1ccc(CNS(=O)(=O)c2c(S(=O)(=O)NC3CCN(CCNC(=O)O)C3)ccc(-c3cccc4[nH]c(N)nc34)c2-c2nnn(Cc3ccc(OC)cc3)n2)cc1. The Morgan fingerprint density at radius 2 is 1.64 bits per heavy atom. The first-order chi connectivity index (χ1) is 27.8. The van der Waals surface area contributed by atoms with Gasteiger partial charge in [0.15, 0.2) is 5.95 Å². The van der Waals surface area contributed by atoms with E-state index in [0.717, 1.165) is 5.56 Å². The fraction of sp³-hybridized carbons (Fsp3) is 0.270. The predicted molar refractivity (Wildman–Crippen MR) is 213 cm³/mol. The number of carboxylic acid groups (broad SMARTS) is 1. The lowest BCUT2D eigenvalue weighted by Gasteiger charge is -2.20. The van der Waals surface area contributed by atoms with Gasteiger partial charge in [-0.1, -0.05) is 42.5 Å². The van der Waals surface area contributed by atoms with Crippen molar-refractivity contribution >= 4 is 43.1 Å². The third-order valence-electron chi connectivity index (χ3n) is 9.58. The summed E-state index contributed by atoms with van der Waals surface area (Å²) in [5.41, 5.74) is 8.93. The van der Waals surface area contributed by atoms with Gasteiger partial charge in [-0.15, -0.1) is 10.2 Å². The molecular weight excluding hydrogens is 791 g/mol. The number of methoxy groups -OCH3 is 2. The molecule has 1 fully saturated rings. The lowest BCUT2D eigenvalue weighted by Crippen LogP contribution is -2.39. The van der Waals surface area contributed by atoms with Crippen LogP contribution >= 0.6 is 0 Å². The zero-order valence-corrected chi connectivity index (χ0v) is 33.0. The van der Waals surface area contributed by atoms with Crippen molar-refractivity contribution in [2.24, 2.45) is 0 Å². The van der Waals surface area contributed by atoms with Crippen LogP contribution in [0.2, 0.25) is 0 Å². The molecule has 304 valence electrons. The third kappa shape index (κ3) is 8.87. The Hall–Kier alpha value is -6.13. The summed E-state index contributed by atoms with van der Waals surface area (Å²) in [5, 5.41) is 24.4. The first-order valence-electron chi connectivity index (χ1n) is 18.0. The Balaban J connectivity index is 1.37. The second-order valence-electron chi connectivity index (χ2n) is 13.4. The van der Waals surface area contributed by atoms with Crippen molar-refractivity contribution in [2.75, 3.05) is 46.1 Å².